The Morgan fingerprint density at radius 3 is 2.41 bits per heavy atom. The first-order valence-electron chi connectivity index (χ1n) is 8.72. The number of amides is 1. The number of benzene rings is 2. The molecule has 0 saturated carbocycles. The normalized spacial score (nSPS) is 10.8. The lowest BCUT2D eigenvalue weighted by atomic mass is 10.0. The first kappa shape index (κ1) is 20.2. The number of rotatable bonds is 6. The van der Waals surface area contributed by atoms with Crippen LogP contribution in [0.5, 0.6) is 0 Å². The Kier molecular flexibility index (Phi) is 6.77. The molecule has 0 bridgehead atoms. The summed E-state index contributed by atoms with van der Waals surface area (Å²) in [6.45, 7) is 9.69. The minimum atomic E-state index is -0.571. The highest BCUT2D eigenvalue weighted by Gasteiger charge is 2.19. The van der Waals surface area contributed by atoms with E-state index >= 15 is 0 Å². The Morgan fingerprint density at radius 2 is 1.78 bits per heavy atom. The van der Waals surface area contributed by atoms with Crippen LogP contribution in [0.2, 0.25) is 0 Å². The van der Waals surface area contributed by atoms with Gasteiger partial charge in [0.25, 0.3) is 0 Å². The van der Waals surface area contributed by atoms with Crippen molar-refractivity contribution in [2.24, 2.45) is 0 Å². The van der Waals surface area contributed by atoms with E-state index in [4.69, 9.17) is 9.47 Å². The summed E-state index contributed by atoms with van der Waals surface area (Å²) in [5, 5.41) is 2.70. The molecule has 0 unspecified atom stereocenters. The molecular formula is C22H25NO4. The predicted octanol–water partition coefficient (Wildman–Crippen LogP) is 4.71. The molecule has 1 N–H and O–H groups in total. The van der Waals surface area contributed by atoms with E-state index in [9.17, 15) is 9.59 Å². The Bertz CT molecular complexity index is 807. The van der Waals surface area contributed by atoms with Crippen LogP contribution in [-0.2, 0) is 22.6 Å². The van der Waals surface area contributed by atoms with Gasteiger partial charge in [-0.25, -0.2) is 9.59 Å². The van der Waals surface area contributed by atoms with Crippen molar-refractivity contribution >= 4 is 18.1 Å². The van der Waals surface area contributed by atoms with Gasteiger partial charge in [0, 0.05) is 6.54 Å². The summed E-state index contributed by atoms with van der Waals surface area (Å²) in [7, 11) is 0. The van der Waals surface area contributed by atoms with Crippen LogP contribution < -0.4 is 5.32 Å². The number of carbonyl (C=O) groups is 2. The van der Waals surface area contributed by atoms with Gasteiger partial charge < -0.3 is 14.8 Å². The van der Waals surface area contributed by atoms with Crippen molar-refractivity contribution in [1.82, 2.24) is 5.32 Å². The molecule has 2 aromatic carbocycles. The maximum absolute atomic E-state index is 12.3. The lowest BCUT2D eigenvalue weighted by molar-refractivity contribution is 0.00692. The highest BCUT2D eigenvalue weighted by atomic mass is 16.6. The molecule has 142 valence electrons. The van der Waals surface area contributed by atoms with Crippen LogP contribution in [0.1, 0.15) is 47.8 Å². The zero-order valence-electron chi connectivity index (χ0n) is 16.0. The number of nitrogens with one attached hydrogen (secondary N) is 1. The van der Waals surface area contributed by atoms with E-state index < -0.39 is 17.7 Å². The molecule has 0 radical (unpaired) electrons. The molecular weight excluding hydrogens is 342 g/mol. The predicted molar refractivity (Wildman–Crippen MR) is 105 cm³/mol. The van der Waals surface area contributed by atoms with Gasteiger partial charge in [0.2, 0.25) is 0 Å². The van der Waals surface area contributed by atoms with Crippen LogP contribution in [0.15, 0.2) is 55.1 Å². The lowest BCUT2D eigenvalue weighted by Crippen LogP contribution is -2.25. The van der Waals surface area contributed by atoms with Gasteiger partial charge in [0.15, 0.2) is 0 Å². The number of ether oxygens (including phenoxy) is 2. The molecule has 5 heteroatoms. The minimum Gasteiger partial charge on any atom is -0.456 e. The van der Waals surface area contributed by atoms with E-state index in [2.05, 4.69) is 11.9 Å². The minimum absolute atomic E-state index is 0.210. The highest BCUT2D eigenvalue weighted by Crippen LogP contribution is 2.18. The fraction of sp³-hybridized carbons (Fsp3) is 0.273. The molecule has 0 atom stereocenters. The van der Waals surface area contributed by atoms with Crippen molar-refractivity contribution in [2.45, 2.75) is 39.5 Å². The monoisotopic (exact) mass is 367 g/mol. The van der Waals surface area contributed by atoms with E-state index in [1.165, 1.54) is 0 Å². The molecule has 0 saturated heterocycles. The Balaban J connectivity index is 1.94. The van der Waals surface area contributed by atoms with Gasteiger partial charge in [0.05, 0.1) is 5.56 Å². The fourth-order valence-corrected chi connectivity index (χ4v) is 2.36. The Hall–Kier alpha value is -3.08. The average Bonchev–Trinajstić information content (AvgIpc) is 2.63. The van der Waals surface area contributed by atoms with E-state index in [1.54, 1.807) is 24.3 Å². The van der Waals surface area contributed by atoms with Gasteiger partial charge in [0.1, 0.15) is 12.2 Å². The summed E-state index contributed by atoms with van der Waals surface area (Å²) in [6, 6.07) is 14.7. The summed E-state index contributed by atoms with van der Waals surface area (Å²) in [5.41, 5.74) is 2.27. The fourth-order valence-electron chi connectivity index (χ4n) is 2.36. The summed E-state index contributed by atoms with van der Waals surface area (Å²) in [6.07, 6.45) is 1.09. The third kappa shape index (κ3) is 6.62. The summed E-state index contributed by atoms with van der Waals surface area (Å²) < 4.78 is 10.6. The second-order valence-corrected chi connectivity index (χ2v) is 7.04. The van der Waals surface area contributed by atoms with Crippen LogP contribution in [-0.4, -0.2) is 17.7 Å². The third-order valence-electron chi connectivity index (χ3n) is 3.60. The first-order chi connectivity index (χ1) is 12.8. The molecule has 2 rings (SSSR count). The molecule has 2 aromatic rings. The maximum Gasteiger partial charge on any atom is 0.407 e. The molecule has 1 amide bonds. The quantitative estimate of drug-likeness (QED) is 0.751. The zero-order valence-corrected chi connectivity index (χ0v) is 16.0. The van der Waals surface area contributed by atoms with Crippen molar-refractivity contribution in [2.75, 3.05) is 0 Å². The number of esters is 1. The van der Waals surface area contributed by atoms with E-state index in [0.29, 0.717) is 11.1 Å². The van der Waals surface area contributed by atoms with Crippen LogP contribution in [0.4, 0.5) is 4.79 Å². The largest absolute Gasteiger partial charge is 0.456 e. The number of hydrogen-bond acceptors (Lipinski definition) is 4. The SMILES string of the molecule is C=Cc1cc(CNC(=O)OCc2ccccc2)ccc1C(=O)OC(C)(C)C. The van der Waals surface area contributed by atoms with Crippen molar-refractivity contribution in [3.05, 3.63) is 77.4 Å². The van der Waals surface area contributed by atoms with Gasteiger partial charge in [-0.2, -0.15) is 0 Å². The number of carbonyl (C=O) groups excluding carboxylic acids is 2. The van der Waals surface area contributed by atoms with Crippen LogP contribution >= 0.6 is 0 Å². The summed E-state index contributed by atoms with van der Waals surface area (Å²) in [4.78, 5) is 24.1. The first-order valence-corrected chi connectivity index (χ1v) is 8.72. The lowest BCUT2D eigenvalue weighted by Gasteiger charge is -2.20. The van der Waals surface area contributed by atoms with Gasteiger partial charge >= 0.3 is 12.1 Å². The van der Waals surface area contributed by atoms with Gasteiger partial charge in [-0.3, -0.25) is 0 Å². The molecule has 0 heterocycles. The smallest absolute Gasteiger partial charge is 0.407 e. The molecule has 5 nitrogen and oxygen atoms in total. The molecule has 27 heavy (non-hydrogen) atoms. The van der Waals surface area contributed by atoms with Crippen LogP contribution in [0.25, 0.3) is 6.08 Å². The van der Waals surface area contributed by atoms with E-state index in [1.807, 2.05) is 51.1 Å². The zero-order chi connectivity index (χ0) is 19.9. The Morgan fingerprint density at radius 1 is 1.07 bits per heavy atom. The topological polar surface area (TPSA) is 64.6 Å². The molecule has 0 aromatic heterocycles. The average molecular weight is 367 g/mol. The maximum atomic E-state index is 12.3. The van der Waals surface area contributed by atoms with Crippen LogP contribution in [0, 0.1) is 0 Å². The van der Waals surface area contributed by atoms with Gasteiger partial charge in [-0.1, -0.05) is 49.1 Å². The molecule has 0 aliphatic heterocycles. The highest BCUT2D eigenvalue weighted by molar-refractivity contribution is 5.94. The molecule has 0 spiro atoms. The van der Waals surface area contributed by atoms with E-state index in [-0.39, 0.29) is 13.2 Å². The molecule has 0 fully saturated rings. The van der Waals surface area contributed by atoms with Gasteiger partial charge in [-0.15, -0.1) is 0 Å². The van der Waals surface area contributed by atoms with Gasteiger partial charge in [-0.05, 0) is 49.6 Å². The van der Waals surface area contributed by atoms with Crippen LogP contribution in [0.3, 0.4) is 0 Å². The summed E-state index contributed by atoms with van der Waals surface area (Å²) in [5.74, 6) is -0.404. The van der Waals surface area contributed by atoms with Crippen molar-refractivity contribution in [1.29, 1.82) is 0 Å². The second-order valence-electron chi connectivity index (χ2n) is 7.04. The van der Waals surface area contributed by atoms with E-state index in [0.717, 1.165) is 11.1 Å². The van der Waals surface area contributed by atoms with Crippen molar-refractivity contribution in [3.63, 3.8) is 0 Å². The van der Waals surface area contributed by atoms with Crippen molar-refractivity contribution in [3.8, 4) is 0 Å². The van der Waals surface area contributed by atoms with Crippen molar-refractivity contribution < 1.29 is 19.1 Å². The standard InChI is InChI=1S/C22H25NO4/c1-5-18-13-17(11-12-19(18)20(24)27-22(2,3)4)14-23-21(25)26-15-16-9-7-6-8-10-16/h5-13H,1,14-15H2,2-4H3,(H,23,25). The summed E-state index contributed by atoms with van der Waals surface area (Å²) >= 11 is 0. The Labute approximate surface area is 160 Å². The number of hydrogen-bond donors (Lipinski definition) is 1. The molecule has 0 aliphatic carbocycles. The third-order valence-corrected chi connectivity index (χ3v) is 3.60. The second kappa shape index (κ2) is 9.03. The number of alkyl carbamates (subject to hydrolysis) is 1. The molecule has 0 aliphatic rings.